The van der Waals surface area contributed by atoms with Gasteiger partial charge in [0.15, 0.2) is 0 Å². The predicted octanol–water partition coefficient (Wildman–Crippen LogP) is 2.43. The van der Waals surface area contributed by atoms with Gasteiger partial charge in [-0.3, -0.25) is 0 Å². The van der Waals surface area contributed by atoms with Crippen LogP contribution in [0.15, 0.2) is 6.20 Å². The summed E-state index contributed by atoms with van der Waals surface area (Å²) in [6.45, 7) is 10.2. The van der Waals surface area contributed by atoms with Crippen LogP contribution in [0.25, 0.3) is 0 Å². The van der Waals surface area contributed by atoms with Crippen LogP contribution in [0.2, 0.25) is 0 Å². The zero-order valence-electron chi connectivity index (χ0n) is 12.5. The summed E-state index contributed by atoms with van der Waals surface area (Å²) in [5.74, 6) is 1.52. The summed E-state index contributed by atoms with van der Waals surface area (Å²) in [6, 6.07) is 0. The number of aliphatic hydroxyl groups excluding tert-OH is 1. The van der Waals surface area contributed by atoms with Crippen molar-refractivity contribution in [3.63, 3.8) is 0 Å². The van der Waals surface area contributed by atoms with Crippen LogP contribution >= 0.6 is 0 Å². The fraction of sp³-hybridized carbons (Fsp3) is 0.714. The monoisotopic (exact) mass is 266 g/mol. The van der Waals surface area contributed by atoms with Crippen molar-refractivity contribution in [1.29, 1.82) is 0 Å². The number of hydrogen-bond donors (Lipinski definition) is 3. The highest BCUT2D eigenvalue weighted by atomic mass is 16.3. The summed E-state index contributed by atoms with van der Waals surface area (Å²) in [5.41, 5.74) is 1.07. The third-order valence-electron chi connectivity index (χ3n) is 3.03. The van der Waals surface area contributed by atoms with Crippen molar-refractivity contribution in [2.24, 2.45) is 5.41 Å². The van der Waals surface area contributed by atoms with Crippen molar-refractivity contribution < 1.29 is 5.11 Å². The molecule has 108 valence electrons. The molecule has 19 heavy (non-hydrogen) atoms. The molecule has 0 aliphatic carbocycles. The molecule has 3 N–H and O–H groups in total. The first kappa shape index (κ1) is 15.7. The molecule has 0 fully saturated rings. The van der Waals surface area contributed by atoms with Gasteiger partial charge in [0.25, 0.3) is 0 Å². The molecule has 1 heterocycles. The van der Waals surface area contributed by atoms with Crippen LogP contribution in [0.5, 0.6) is 0 Å². The zero-order valence-corrected chi connectivity index (χ0v) is 12.5. The molecule has 0 bridgehead atoms. The molecule has 1 rings (SSSR count). The van der Waals surface area contributed by atoms with Crippen molar-refractivity contribution in [2.45, 2.75) is 40.5 Å². The first-order valence-electron chi connectivity index (χ1n) is 6.91. The second-order valence-corrected chi connectivity index (χ2v) is 5.64. The van der Waals surface area contributed by atoms with Crippen LogP contribution in [-0.2, 0) is 0 Å². The molecule has 0 spiro atoms. The van der Waals surface area contributed by atoms with E-state index in [1.807, 2.05) is 13.1 Å². The number of rotatable bonds is 8. The minimum Gasteiger partial charge on any atom is -0.396 e. The average molecular weight is 266 g/mol. The summed E-state index contributed by atoms with van der Waals surface area (Å²) in [4.78, 5) is 8.73. The summed E-state index contributed by atoms with van der Waals surface area (Å²) in [6.07, 6.45) is 3.64. The Labute approximate surface area is 115 Å². The number of nitrogens with one attached hydrogen (secondary N) is 2. The Morgan fingerprint density at radius 3 is 2.68 bits per heavy atom. The van der Waals surface area contributed by atoms with E-state index < -0.39 is 0 Å². The van der Waals surface area contributed by atoms with E-state index in [9.17, 15) is 0 Å². The number of aromatic nitrogens is 2. The molecule has 1 aromatic rings. The second-order valence-electron chi connectivity index (χ2n) is 5.64. The van der Waals surface area contributed by atoms with Crippen molar-refractivity contribution in [3.8, 4) is 0 Å². The highest BCUT2D eigenvalue weighted by molar-refractivity contribution is 5.46. The van der Waals surface area contributed by atoms with Crippen molar-refractivity contribution in [2.75, 3.05) is 30.3 Å². The minimum atomic E-state index is 0.0448. The maximum Gasteiger partial charge on any atom is 0.224 e. The molecule has 0 unspecified atom stereocenters. The van der Waals surface area contributed by atoms with Gasteiger partial charge in [-0.1, -0.05) is 20.8 Å². The molecule has 0 aliphatic rings. The van der Waals surface area contributed by atoms with Crippen molar-refractivity contribution in [1.82, 2.24) is 9.97 Å². The van der Waals surface area contributed by atoms with E-state index in [1.54, 1.807) is 0 Å². The second kappa shape index (κ2) is 7.28. The van der Waals surface area contributed by atoms with Crippen LogP contribution in [0.1, 0.15) is 39.2 Å². The Balaban J connectivity index is 2.66. The van der Waals surface area contributed by atoms with E-state index in [2.05, 4.69) is 41.4 Å². The lowest BCUT2D eigenvalue weighted by Crippen LogP contribution is -2.25. The van der Waals surface area contributed by atoms with Gasteiger partial charge in [0.05, 0.1) is 0 Å². The van der Waals surface area contributed by atoms with Gasteiger partial charge >= 0.3 is 0 Å². The Morgan fingerprint density at radius 2 is 2.05 bits per heavy atom. The van der Waals surface area contributed by atoms with Crippen molar-refractivity contribution >= 4 is 11.8 Å². The molecule has 1 aromatic heterocycles. The smallest absolute Gasteiger partial charge is 0.224 e. The lowest BCUT2D eigenvalue weighted by atomic mass is 9.90. The normalized spacial score (nSPS) is 11.4. The molecule has 5 nitrogen and oxygen atoms in total. The summed E-state index contributed by atoms with van der Waals surface area (Å²) >= 11 is 0. The van der Waals surface area contributed by atoms with Gasteiger partial charge in [0, 0.05) is 31.5 Å². The molecule has 0 radical (unpaired) electrons. The van der Waals surface area contributed by atoms with E-state index in [1.165, 1.54) is 0 Å². The van der Waals surface area contributed by atoms with E-state index >= 15 is 0 Å². The van der Waals surface area contributed by atoms with E-state index in [0.29, 0.717) is 5.95 Å². The lowest BCUT2D eigenvalue weighted by Gasteiger charge is -2.24. The lowest BCUT2D eigenvalue weighted by molar-refractivity contribution is 0.220. The van der Waals surface area contributed by atoms with Crippen LogP contribution in [0.4, 0.5) is 11.8 Å². The molecule has 0 saturated heterocycles. The topological polar surface area (TPSA) is 70.1 Å². The molecule has 0 aliphatic heterocycles. The number of hydrogen-bond acceptors (Lipinski definition) is 5. The Kier molecular flexibility index (Phi) is 6.02. The first-order chi connectivity index (χ1) is 8.98. The zero-order chi connectivity index (χ0) is 14.3. The van der Waals surface area contributed by atoms with Crippen LogP contribution in [-0.4, -0.2) is 34.8 Å². The van der Waals surface area contributed by atoms with Gasteiger partial charge in [-0.05, 0) is 25.2 Å². The van der Waals surface area contributed by atoms with Gasteiger partial charge < -0.3 is 15.7 Å². The fourth-order valence-corrected chi connectivity index (χ4v) is 1.66. The first-order valence-corrected chi connectivity index (χ1v) is 6.91. The summed E-state index contributed by atoms with van der Waals surface area (Å²) < 4.78 is 0. The van der Waals surface area contributed by atoms with E-state index in [4.69, 9.17) is 5.11 Å². The standard InChI is InChI=1S/C14H26N4O/c1-5-7-15-13-16-9-11(2)12(18-13)17-10-14(3,4)6-8-19/h9,19H,5-8,10H2,1-4H3,(H2,15,16,17,18). The van der Waals surface area contributed by atoms with Crippen LogP contribution in [0.3, 0.4) is 0 Å². The summed E-state index contributed by atoms with van der Waals surface area (Å²) in [5, 5.41) is 15.6. The number of anilines is 2. The summed E-state index contributed by atoms with van der Waals surface area (Å²) in [7, 11) is 0. The van der Waals surface area contributed by atoms with Crippen LogP contribution in [0, 0.1) is 12.3 Å². The molecule has 0 aromatic carbocycles. The van der Waals surface area contributed by atoms with E-state index in [0.717, 1.165) is 37.3 Å². The average Bonchev–Trinajstić information content (AvgIpc) is 2.36. The van der Waals surface area contributed by atoms with E-state index in [-0.39, 0.29) is 12.0 Å². The van der Waals surface area contributed by atoms with Gasteiger partial charge in [0.2, 0.25) is 5.95 Å². The molecule has 0 amide bonds. The van der Waals surface area contributed by atoms with Gasteiger partial charge in [0.1, 0.15) is 5.82 Å². The van der Waals surface area contributed by atoms with Gasteiger partial charge in [-0.15, -0.1) is 0 Å². The maximum atomic E-state index is 9.03. The molecular weight excluding hydrogens is 240 g/mol. The van der Waals surface area contributed by atoms with Crippen LogP contribution < -0.4 is 10.6 Å². The number of nitrogens with zero attached hydrogens (tertiary/aromatic N) is 2. The molecular formula is C14H26N4O. The van der Waals surface area contributed by atoms with Gasteiger partial charge in [-0.2, -0.15) is 4.98 Å². The fourth-order valence-electron chi connectivity index (χ4n) is 1.66. The predicted molar refractivity (Wildman–Crippen MR) is 79.5 cm³/mol. The molecule has 0 atom stereocenters. The number of aliphatic hydroxyl groups is 1. The molecule has 0 saturated carbocycles. The number of aryl methyl sites for hydroxylation is 1. The SMILES string of the molecule is CCCNc1ncc(C)c(NCC(C)(C)CCO)n1. The maximum absolute atomic E-state index is 9.03. The minimum absolute atomic E-state index is 0.0448. The Morgan fingerprint density at radius 1 is 1.32 bits per heavy atom. The van der Waals surface area contributed by atoms with Crippen molar-refractivity contribution in [3.05, 3.63) is 11.8 Å². The highest BCUT2D eigenvalue weighted by Crippen LogP contribution is 2.21. The third-order valence-corrected chi connectivity index (χ3v) is 3.03. The highest BCUT2D eigenvalue weighted by Gasteiger charge is 2.17. The Bertz CT molecular complexity index is 393. The molecule has 5 heteroatoms. The van der Waals surface area contributed by atoms with Gasteiger partial charge in [-0.25, -0.2) is 4.98 Å². The largest absolute Gasteiger partial charge is 0.396 e. The Hall–Kier alpha value is -1.36. The quantitative estimate of drug-likeness (QED) is 0.674. The third kappa shape index (κ3) is 5.42.